The first-order valence-electron chi connectivity index (χ1n) is 14.2. The fraction of sp³-hybridized carbons (Fsp3) is 0.333. The summed E-state index contributed by atoms with van der Waals surface area (Å²) in [6.45, 7) is 13.5. The Kier molecular flexibility index (Phi) is 7.81. The Morgan fingerprint density at radius 1 is 1.14 bits per heavy atom. The maximum atomic E-state index is 12.5. The van der Waals surface area contributed by atoms with Gasteiger partial charge in [-0.25, -0.2) is 9.78 Å². The van der Waals surface area contributed by atoms with Crippen LogP contribution >= 0.6 is 0 Å². The number of hydrogen-bond donors (Lipinski definition) is 2. The summed E-state index contributed by atoms with van der Waals surface area (Å²) in [6.07, 6.45) is 4.00. The Balaban J connectivity index is 1.59. The first-order valence-corrected chi connectivity index (χ1v) is 17.7. The Hall–Kier alpha value is -4.60. The van der Waals surface area contributed by atoms with Crippen molar-refractivity contribution in [3.05, 3.63) is 66.0 Å². The van der Waals surface area contributed by atoms with Crippen molar-refractivity contribution in [1.29, 1.82) is 5.26 Å². The zero-order chi connectivity index (χ0) is 30.1. The topological polar surface area (TPSA) is 107 Å². The molecule has 42 heavy (non-hydrogen) atoms. The number of H-pyrrole nitrogens is 1. The van der Waals surface area contributed by atoms with E-state index >= 15 is 0 Å². The number of para-hydroxylation sites is 1. The first-order chi connectivity index (χ1) is 19.9. The van der Waals surface area contributed by atoms with Gasteiger partial charge in [0.1, 0.15) is 25.0 Å². The molecule has 8 nitrogen and oxygen atoms in total. The van der Waals surface area contributed by atoms with Gasteiger partial charge in [-0.05, 0) is 57.0 Å². The van der Waals surface area contributed by atoms with Crippen molar-refractivity contribution in [3.8, 4) is 40.0 Å². The molecule has 0 saturated carbocycles. The second-order valence-electron chi connectivity index (χ2n) is 12.6. The van der Waals surface area contributed by atoms with Crippen LogP contribution in [0.1, 0.15) is 38.3 Å². The molecule has 3 heterocycles. The number of aromatic nitrogens is 3. The number of imidazole rings is 1. The Labute approximate surface area is 248 Å². The van der Waals surface area contributed by atoms with Gasteiger partial charge < -0.3 is 19.9 Å². The van der Waals surface area contributed by atoms with Gasteiger partial charge in [0, 0.05) is 31.0 Å². The fourth-order valence-electron chi connectivity index (χ4n) is 5.01. The molecular formula is C33H36N6O2Si. The summed E-state index contributed by atoms with van der Waals surface area (Å²) in [5.41, 5.74) is 9.65. The molecule has 214 valence electrons. The summed E-state index contributed by atoms with van der Waals surface area (Å²) in [5.74, 6) is 4.06. The minimum atomic E-state index is -1.57. The molecule has 0 spiro atoms. The van der Waals surface area contributed by atoms with Gasteiger partial charge in [-0.3, -0.25) is 4.98 Å². The molecular weight excluding hydrogens is 540 g/mol. The summed E-state index contributed by atoms with van der Waals surface area (Å²) in [6, 6.07) is 15.7. The van der Waals surface area contributed by atoms with Gasteiger partial charge in [0.05, 0.1) is 40.0 Å². The lowest BCUT2D eigenvalue weighted by Crippen LogP contribution is -2.40. The van der Waals surface area contributed by atoms with Crippen LogP contribution in [0.4, 0.5) is 10.5 Å². The molecule has 1 aliphatic rings. The lowest BCUT2D eigenvalue weighted by atomic mass is 10.00. The Bertz CT molecular complexity index is 1750. The van der Waals surface area contributed by atoms with E-state index in [2.05, 4.69) is 57.4 Å². The second-order valence-corrected chi connectivity index (χ2v) is 17.4. The third-order valence-electron chi connectivity index (χ3n) is 6.79. The monoisotopic (exact) mass is 576 g/mol. The predicted octanol–water partition coefficient (Wildman–Crippen LogP) is 6.50. The van der Waals surface area contributed by atoms with Crippen LogP contribution in [0.3, 0.4) is 0 Å². The van der Waals surface area contributed by atoms with Crippen molar-refractivity contribution in [3.63, 3.8) is 0 Å². The van der Waals surface area contributed by atoms with E-state index in [0.29, 0.717) is 17.9 Å². The van der Waals surface area contributed by atoms with Gasteiger partial charge in [-0.15, -0.1) is 5.54 Å². The molecule has 1 aliphatic heterocycles. The highest BCUT2D eigenvalue weighted by Crippen LogP contribution is 2.40. The van der Waals surface area contributed by atoms with Crippen LogP contribution in [-0.2, 0) is 4.74 Å². The summed E-state index contributed by atoms with van der Waals surface area (Å²) in [4.78, 5) is 28.0. The van der Waals surface area contributed by atoms with E-state index in [4.69, 9.17) is 9.72 Å². The number of nitrogens with zero attached hydrogens (tertiary/aromatic N) is 4. The van der Waals surface area contributed by atoms with Gasteiger partial charge in [0.25, 0.3) is 0 Å². The molecule has 1 amide bonds. The van der Waals surface area contributed by atoms with Gasteiger partial charge >= 0.3 is 6.09 Å². The van der Waals surface area contributed by atoms with E-state index in [9.17, 15) is 10.1 Å². The van der Waals surface area contributed by atoms with E-state index in [1.165, 1.54) is 0 Å². The van der Waals surface area contributed by atoms with Gasteiger partial charge in [-0.2, -0.15) is 5.26 Å². The van der Waals surface area contributed by atoms with Gasteiger partial charge in [0.2, 0.25) is 0 Å². The quantitative estimate of drug-likeness (QED) is 0.212. The van der Waals surface area contributed by atoms with E-state index < -0.39 is 19.8 Å². The molecule has 0 unspecified atom stereocenters. The van der Waals surface area contributed by atoms with Crippen molar-refractivity contribution in [1.82, 2.24) is 20.3 Å². The van der Waals surface area contributed by atoms with Crippen LogP contribution in [0.15, 0.2) is 54.9 Å². The number of fused-ring (bicyclic) bond motifs is 1. The van der Waals surface area contributed by atoms with Crippen LogP contribution in [0.25, 0.3) is 33.5 Å². The number of nitriles is 1. The summed E-state index contributed by atoms with van der Waals surface area (Å²) in [5, 5.41) is 12.6. The highest BCUT2D eigenvalue weighted by molar-refractivity contribution is 6.83. The second kappa shape index (κ2) is 11.3. The minimum Gasteiger partial charge on any atom is -0.444 e. The number of rotatable bonds is 4. The fourth-order valence-corrected chi connectivity index (χ4v) is 5.52. The minimum absolute atomic E-state index is 0.0849. The van der Waals surface area contributed by atoms with Crippen molar-refractivity contribution in [2.24, 2.45) is 0 Å². The SMILES string of the molecule is CC(C)(C)OC(=O)N[C@H]1CCN(c2c(-c3cccc(C#N)c3)cncc2-c2nc3c(C#C[Si](C)(C)C)cccc3[nH]2)C1. The van der Waals surface area contributed by atoms with E-state index in [-0.39, 0.29) is 6.04 Å². The number of pyridine rings is 1. The molecule has 9 heteroatoms. The molecule has 1 saturated heterocycles. The van der Waals surface area contributed by atoms with Crippen LogP contribution in [0, 0.1) is 22.8 Å². The number of aromatic amines is 1. The van der Waals surface area contributed by atoms with Crippen LogP contribution < -0.4 is 10.2 Å². The lowest BCUT2D eigenvalue weighted by molar-refractivity contribution is 0.0509. The predicted molar refractivity (Wildman–Crippen MR) is 170 cm³/mol. The smallest absolute Gasteiger partial charge is 0.407 e. The number of carbonyl (C=O) groups excluding carboxylic acids is 1. The van der Waals surface area contributed by atoms with Crippen LogP contribution in [-0.4, -0.2) is 53.9 Å². The number of hydrogen-bond acceptors (Lipinski definition) is 6. The Morgan fingerprint density at radius 2 is 1.90 bits per heavy atom. The molecule has 1 fully saturated rings. The van der Waals surface area contributed by atoms with Crippen molar-refractivity contribution < 1.29 is 9.53 Å². The van der Waals surface area contributed by atoms with Crippen molar-refractivity contribution in [2.45, 2.75) is 58.5 Å². The molecule has 0 radical (unpaired) electrons. The van der Waals surface area contributed by atoms with Crippen LogP contribution in [0.5, 0.6) is 0 Å². The molecule has 0 bridgehead atoms. The van der Waals surface area contributed by atoms with E-state index in [1.807, 2.05) is 69.6 Å². The number of carbonyl (C=O) groups is 1. The molecule has 1 atom stereocenters. The van der Waals surface area contributed by atoms with E-state index in [1.54, 1.807) is 6.07 Å². The Morgan fingerprint density at radius 3 is 2.64 bits per heavy atom. The highest BCUT2D eigenvalue weighted by Gasteiger charge is 2.30. The van der Waals surface area contributed by atoms with Crippen molar-refractivity contribution in [2.75, 3.05) is 18.0 Å². The molecule has 0 aliphatic carbocycles. The summed E-state index contributed by atoms with van der Waals surface area (Å²) >= 11 is 0. The molecule has 4 aromatic rings. The first kappa shape index (κ1) is 28.9. The molecule has 2 aromatic heterocycles. The number of alkyl carbamates (subject to hydrolysis) is 1. The van der Waals surface area contributed by atoms with Crippen LogP contribution in [0.2, 0.25) is 19.6 Å². The number of ether oxygens (including phenoxy) is 1. The maximum absolute atomic E-state index is 12.5. The average Bonchev–Trinajstić information content (AvgIpc) is 3.57. The van der Waals surface area contributed by atoms with E-state index in [0.717, 1.165) is 51.9 Å². The summed E-state index contributed by atoms with van der Waals surface area (Å²) < 4.78 is 5.51. The van der Waals surface area contributed by atoms with Gasteiger partial charge in [-0.1, -0.05) is 43.8 Å². The zero-order valence-corrected chi connectivity index (χ0v) is 26.0. The highest BCUT2D eigenvalue weighted by atomic mass is 28.3. The summed E-state index contributed by atoms with van der Waals surface area (Å²) in [7, 11) is -1.57. The lowest BCUT2D eigenvalue weighted by Gasteiger charge is -2.25. The largest absolute Gasteiger partial charge is 0.444 e. The average molecular weight is 577 g/mol. The number of nitrogens with one attached hydrogen (secondary N) is 2. The van der Waals surface area contributed by atoms with Crippen molar-refractivity contribution >= 4 is 30.9 Å². The number of amides is 1. The molecule has 5 rings (SSSR count). The zero-order valence-electron chi connectivity index (χ0n) is 25.0. The third-order valence-corrected chi connectivity index (χ3v) is 7.66. The number of benzene rings is 2. The number of anilines is 1. The standard InChI is InChI=1S/C33H36N6O2Si/c1-33(2,3)41-32(40)36-25-13-15-39(21-25)30-26(24-11-7-9-22(17-24)18-34)19-35-20-27(30)31-37-28-12-8-10-23(29(28)38-31)14-16-42(4,5)6/h7-12,17,19-20,25H,13,15,21H2,1-6H3,(H,36,40)(H,37,38)/t25-/m0/s1. The third kappa shape index (κ3) is 6.64. The molecule has 2 N–H and O–H groups in total. The normalized spacial score (nSPS) is 15.2. The maximum Gasteiger partial charge on any atom is 0.407 e. The van der Waals surface area contributed by atoms with Gasteiger partial charge in [0.15, 0.2) is 0 Å². The molecule has 2 aromatic carbocycles.